The van der Waals surface area contributed by atoms with E-state index in [1.54, 1.807) is 60.5 Å². The number of carboxylic acid groups (broad SMARTS) is 2. The Hall–Kier alpha value is -4.11. The van der Waals surface area contributed by atoms with Crippen molar-refractivity contribution in [2.75, 3.05) is 50.9 Å². The monoisotopic (exact) mass is 674 g/mol. The van der Waals surface area contributed by atoms with E-state index in [1.807, 2.05) is 29.2 Å². The number of nitrogens with one attached hydrogen (secondary N) is 2. The van der Waals surface area contributed by atoms with Gasteiger partial charge in [0.05, 0.1) is 5.69 Å². The van der Waals surface area contributed by atoms with E-state index in [1.165, 1.54) is 18.3 Å². The molecule has 15 heteroatoms. The van der Waals surface area contributed by atoms with Crippen LogP contribution >= 0.6 is 11.3 Å². The molecular weight excluding hydrogens is 624 g/mol. The summed E-state index contributed by atoms with van der Waals surface area (Å²) in [7, 11) is 3.51. The second-order valence-corrected chi connectivity index (χ2v) is 15.0. The first-order valence-corrected chi connectivity index (χ1v) is 16.4. The van der Waals surface area contributed by atoms with Crippen LogP contribution < -0.4 is 10.6 Å². The molecule has 260 valence electrons. The number of nitrogens with zero attached hydrogens (tertiary/aromatic N) is 6. The van der Waals surface area contributed by atoms with Crippen LogP contribution in [0.15, 0.2) is 24.3 Å². The third-order valence-corrected chi connectivity index (χ3v) is 8.70. The van der Waals surface area contributed by atoms with Crippen LogP contribution in [0.5, 0.6) is 0 Å². The van der Waals surface area contributed by atoms with Gasteiger partial charge in [0, 0.05) is 75.4 Å². The lowest BCUT2D eigenvalue weighted by Crippen LogP contribution is -2.66. The van der Waals surface area contributed by atoms with Crippen LogP contribution in [0.25, 0.3) is 0 Å². The first-order valence-electron chi connectivity index (χ1n) is 15.6. The molecule has 0 unspecified atom stereocenters. The molecule has 1 saturated heterocycles. The smallest absolute Gasteiger partial charge is 0.410 e. The van der Waals surface area contributed by atoms with Crippen LogP contribution in [0.1, 0.15) is 64.6 Å². The predicted molar refractivity (Wildman–Crippen MR) is 183 cm³/mol. The Morgan fingerprint density at radius 3 is 1.87 bits per heavy atom. The zero-order valence-electron chi connectivity index (χ0n) is 29.0. The summed E-state index contributed by atoms with van der Waals surface area (Å²) < 4.78 is 0. The van der Waals surface area contributed by atoms with Gasteiger partial charge < -0.3 is 30.6 Å². The fourth-order valence-electron chi connectivity index (χ4n) is 5.43. The molecule has 1 aromatic carbocycles. The Balaban J connectivity index is 1.77. The number of carbonyl (C=O) groups is 4. The zero-order chi connectivity index (χ0) is 35.3. The molecule has 0 saturated carbocycles. The van der Waals surface area contributed by atoms with Gasteiger partial charge in [-0.25, -0.2) is 19.4 Å². The van der Waals surface area contributed by atoms with E-state index in [9.17, 15) is 29.4 Å². The standard InChI is InChI=1S/C32H50N8O6S/c1-21(41)33-26-35-24(25(47-26)20-37-16-18-38(19-17-37)28(42)36(8)9)15-12-22-10-13-23(14-11-22)34-27(39(29(43)44)31(2,3)4)40(30(45)46)32(5,6)7/h10-11,13-14,27,34H,12,15-20H2,1-9H3,(H,43,44)(H,45,46)(H,33,35,41). The Morgan fingerprint density at radius 1 is 0.894 bits per heavy atom. The quantitative estimate of drug-likeness (QED) is 0.256. The van der Waals surface area contributed by atoms with Gasteiger partial charge in [0.25, 0.3) is 0 Å². The SMILES string of the molecule is CC(=O)Nc1nc(CCc2ccc(NC(N(C(=O)O)C(C)(C)C)N(C(=O)O)C(C)(C)C)cc2)c(CN2CCN(C(=O)N(C)C)CC2)s1. The molecule has 0 spiro atoms. The van der Waals surface area contributed by atoms with Crippen molar-refractivity contribution in [1.29, 1.82) is 0 Å². The highest BCUT2D eigenvalue weighted by Gasteiger charge is 2.43. The third-order valence-electron chi connectivity index (χ3n) is 7.70. The molecular formula is C32H50N8O6S. The summed E-state index contributed by atoms with van der Waals surface area (Å²) in [6.07, 6.45) is -2.39. The third kappa shape index (κ3) is 10.2. The fourth-order valence-corrected chi connectivity index (χ4v) is 6.53. The molecule has 5 amide bonds. The lowest BCUT2D eigenvalue weighted by molar-refractivity contribution is -0.114. The van der Waals surface area contributed by atoms with Crippen molar-refractivity contribution >= 4 is 46.3 Å². The summed E-state index contributed by atoms with van der Waals surface area (Å²) in [5.74, 6) is -0.185. The molecule has 2 aromatic rings. The predicted octanol–water partition coefficient (Wildman–Crippen LogP) is 4.94. The van der Waals surface area contributed by atoms with Gasteiger partial charge in [0.15, 0.2) is 11.4 Å². The second-order valence-electron chi connectivity index (χ2n) is 13.9. The summed E-state index contributed by atoms with van der Waals surface area (Å²) >= 11 is 1.46. The number of hydrogen-bond acceptors (Lipinski definition) is 8. The van der Waals surface area contributed by atoms with Crippen LogP contribution in [0.4, 0.5) is 25.2 Å². The molecule has 4 N–H and O–H groups in total. The molecule has 1 aliphatic rings. The molecule has 3 rings (SSSR count). The van der Waals surface area contributed by atoms with Gasteiger partial charge in [0.1, 0.15) is 0 Å². The number of hydrogen-bond donors (Lipinski definition) is 4. The number of carbonyl (C=O) groups excluding carboxylic acids is 2. The van der Waals surface area contributed by atoms with E-state index >= 15 is 0 Å². The van der Waals surface area contributed by atoms with Crippen molar-refractivity contribution in [2.24, 2.45) is 0 Å². The van der Waals surface area contributed by atoms with Gasteiger partial charge in [-0.3, -0.25) is 19.5 Å². The minimum atomic E-state index is -1.25. The average molecular weight is 675 g/mol. The first-order chi connectivity index (χ1) is 21.8. The lowest BCUT2D eigenvalue weighted by atomic mass is 10.0. The number of aryl methyl sites for hydroxylation is 2. The van der Waals surface area contributed by atoms with Crippen molar-refractivity contribution < 1.29 is 29.4 Å². The lowest BCUT2D eigenvalue weighted by Gasteiger charge is -2.48. The van der Waals surface area contributed by atoms with Crippen LogP contribution in [-0.4, -0.2) is 121 Å². The van der Waals surface area contributed by atoms with Gasteiger partial charge in [0.2, 0.25) is 5.91 Å². The Morgan fingerprint density at radius 2 is 1.43 bits per heavy atom. The minimum absolute atomic E-state index is 0.00893. The number of piperazine rings is 1. The van der Waals surface area contributed by atoms with Gasteiger partial charge in [-0.15, -0.1) is 11.3 Å². The first kappa shape index (κ1) is 37.3. The highest BCUT2D eigenvalue weighted by molar-refractivity contribution is 7.15. The van der Waals surface area contributed by atoms with Crippen molar-refractivity contribution in [3.05, 3.63) is 40.4 Å². The molecule has 0 atom stereocenters. The van der Waals surface area contributed by atoms with Crippen molar-refractivity contribution in [3.63, 3.8) is 0 Å². The number of benzene rings is 1. The number of thiazole rings is 1. The number of amides is 5. The molecule has 0 aliphatic carbocycles. The van der Waals surface area contributed by atoms with E-state index < -0.39 is 29.6 Å². The highest BCUT2D eigenvalue weighted by Crippen LogP contribution is 2.29. The second kappa shape index (κ2) is 15.2. The molecule has 1 aliphatic heterocycles. The Bertz CT molecular complexity index is 1380. The van der Waals surface area contributed by atoms with E-state index in [0.29, 0.717) is 43.3 Å². The van der Waals surface area contributed by atoms with Gasteiger partial charge in [-0.2, -0.15) is 0 Å². The van der Waals surface area contributed by atoms with Crippen LogP contribution in [-0.2, 0) is 24.2 Å². The van der Waals surface area contributed by atoms with E-state index in [0.717, 1.165) is 39.0 Å². The van der Waals surface area contributed by atoms with Gasteiger partial charge in [-0.05, 0) is 72.1 Å². The maximum atomic E-state index is 12.4. The zero-order valence-corrected chi connectivity index (χ0v) is 29.8. The Kier molecular flexibility index (Phi) is 12.1. The molecule has 0 bridgehead atoms. The van der Waals surface area contributed by atoms with Gasteiger partial charge in [-0.1, -0.05) is 12.1 Å². The molecule has 1 aromatic heterocycles. The van der Waals surface area contributed by atoms with Crippen LogP contribution in [0.3, 0.4) is 0 Å². The summed E-state index contributed by atoms with van der Waals surface area (Å²) in [4.78, 5) is 62.6. The van der Waals surface area contributed by atoms with Crippen molar-refractivity contribution in [3.8, 4) is 0 Å². The minimum Gasteiger partial charge on any atom is -0.465 e. The number of aromatic nitrogens is 1. The summed E-state index contributed by atoms with van der Waals surface area (Å²) in [5.41, 5.74) is 0.679. The maximum absolute atomic E-state index is 12.4. The molecule has 1 fully saturated rings. The normalized spacial score (nSPS) is 14.1. The number of urea groups is 1. The molecule has 2 heterocycles. The average Bonchev–Trinajstić information content (AvgIpc) is 3.30. The summed E-state index contributed by atoms with van der Waals surface area (Å²) in [6, 6.07) is 7.48. The van der Waals surface area contributed by atoms with Crippen molar-refractivity contribution in [2.45, 2.75) is 85.2 Å². The molecule has 0 radical (unpaired) electrons. The largest absolute Gasteiger partial charge is 0.465 e. The fraction of sp³-hybridized carbons (Fsp3) is 0.594. The number of anilines is 2. The Labute approximate surface area is 281 Å². The highest BCUT2D eigenvalue weighted by atomic mass is 32.1. The van der Waals surface area contributed by atoms with Crippen LogP contribution in [0.2, 0.25) is 0 Å². The van der Waals surface area contributed by atoms with E-state index in [4.69, 9.17) is 4.98 Å². The molecule has 47 heavy (non-hydrogen) atoms. The van der Waals surface area contributed by atoms with E-state index in [2.05, 4.69) is 15.5 Å². The van der Waals surface area contributed by atoms with Gasteiger partial charge >= 0.3 is 18.2 Å². The topological polar surface area (TPSA) is 162 Å². The summed E-state index contributed by atoms with van der Waals surface area (Å²) in [5, 5.41) is 26.8. The van der Waals surface area contributed by atoms with Crippen molar-refractivity contribution in [1.82, 2.24) is 29.5 Å². The number of rotatable bonds is 10. The summed E-state index contributed by atoms with van der Waals surface area (Å²) in [6.45, 7) is 15.2. The maximum Gasteiger partial charge on any atom is 0.410 e. The van der Waals surface area contributed by atoms with Crippen LogP contribution in [0, 0.1) is 0 Å². The van der Waals surface area contributed by atoms with E-state index in [-0.39, 0.29) is 11.9 Å². The molecule has 14 nitrogen and oxygen atoms in total.